The molecular formula is C21H24N2O3. The van der Waals surface area contributed by atoms with Gasteiger partial charge in [0.25, 0.3) is 5.91 Å². The van der Waals surface area contributed by atoms with Crippen LogP contribution in [0.5, 0.6) is 5.75 Å². The first-order chi connectivity index (χ1) is 12.4. The van der Waals surface area contributed by atoms with E-state index in [1.54, 1.807) is 0 Å². The van der Waals surface area contributed by atoms with E-state index in [2.05, 4.69) is 16.7 Å². The molecular weight excluding hydrogens is 328 g/mol. The molecule has 0 heterocycles. The fraction of sp³-hybridized carbons (Fsp3) is 0.333. The maximum absolute atomic E-state index is 12.2. The number of carbonyl (C=O) groups excluding carboxylic acids is 2. The Kier molecular flexibility index (Phi) is 5.26. The highest BCUT2D eigenvalue weighted by molar-refractivity contribution is 5.97. The van der Waals surface area contributed by atoms with Crippen LogP contribution in [0.4, 0.5) is 11.4 Å². The Morgan fingerprint density at radius 3 is 2.23 bits per heavy atom. The van der Waals surface area contributed by atoms with E-state index < -0.39 is 0 Å². The van der Waals surface area contributed by atoms with Crippen molar-refractivity contribution < 1.29 is 14.3 Å². The lowest BCUT2D eigenvalue weighted by Gasteiger charge is -2.14. The molecule has 2 aromatic rings. The van der Waals surface area contributed by atoms with Crippen molar-refractivity contribution in [2.45, 2.75) is 33.6 Å². The summed E-state index contributed by atoms with van der Waals surface area (Å²) in [5.74, 6) is 0.631. The number of hydrogen-bond acceptors (Lipinski definition) is 3. The Morgan fingerprint density at radius 2 is 1.62 bits per heavy atom. The largest absolute Gasteiger partial charge is 0.484 e. The lowest BCUT2D eigenvalue weighted by Crippen LogP contribution is -2.21. The Bertz CT molecular complexity index is 821. The summed E-state index contributed by atoms with van der Waals surface area (Å²) in [5.41, 5.74) is 4.43. The van der Waals surface area contributed by atoms with Gasteiger partial charge in [-0.25, -0.2) is 0 Å². The molecule has 1 aliphatic rings. The topological polar surface area (TPSA) is 67.4 Å². The van der Waals surface area contributed by atoms with Gasteiger partial charge in [-0.2, -0.15) is 0 Å². The van der Waals surface area contributed by atoms with Gasteiger partial charge in [-0.05, 0) is 74.6 Å². The number of carbonyl (C=O) groups is 2. The number of anilines is 2. The van der Waals surface area contributed by atoms with Crippen molar-refractivity contribution in [1.82, 2.24) is 0 Å². The summed E-state index contributed by atoms with van der Waals surface area (Å²) in [4.78, 5) is 24.2. The second-order valence-electron chi connectivity index (χ2n) is 6.90. The summed E-state index contributed by atoms with van der Waals surface area (Å²) < 4.78 is 5.59. The van der Waals surface area contributed by atoms with Crippen LogP contribution < -0.4 is 15.4 Å². The van der Waals surface area contributed by atoms with Crippen LogP contribution in [-0.4, -0.2) is 18.4 Å². The molecule has 5 heteroatoms. The molecule has 0 spiro atoms. The molecule has 5 nitrogen and oxygen atoms in total. The van der Waals surface area contributed by atoms with Gasteiger partial charge in [-0.15, -0.1) is 0 Å². The minimum absolute atomic E-state index is 0.0507. The predicted molar refractivity (Wildman–Crippen MR) is 103 cm³/mol. The minimum Gasteiger partial charge on any atom is -0.484 e. The van der Waals surface area contributed by atoms with E-state index >= 15 is 0 Å². The smallest absolute Gasteiger partial charge is 0.262 e. The number of amides is 2. The third-order valence-electron chi connectivity index (χ3n) is 4.38. The first-order valence-corrected chi connectivity index (χ1v) is 8.84. The van der Waals surface area contributed by atoms with Crippen molar-refractivity contribution in [1.29, 1.82) is 0 Å². The molecule has 0 aliphatic heterocycles. The summed E-state index contributed by atoms with van der Waals surface area (Å²) in [7, 11) is 0. The number of benzene rings is 2. The van der Waals surface area contributed by atoms with Crippen molar-refractivity contribution in [2.75, 3.05) is 17.2 Å². The van der Waals surface area contributed by atoms with Gasteiger partial charge in [0, 0.05) is 17.3 Å². The molecule has 136 valence electrons. The highest BCUT2D eigenvalue weighted by Crippen LogP contribution is 2.31. The van der Waals surface area contributed by atoms with Crippen LogP contribution in [0.2, 0.25) is 0 Å². The van der Waals surface area contributed by atoms with Gasteiger partial charge in [-0.1, -0.05) is 12.1 Å². The molecule has 1 fully saturated rings. The molecule has 0 radical (unpaired) electrons. The van der Waals surface area contributed by atoms with E-state index in [9.17, 15) is 9.59 Å². The molecule has 0 aromatic heterocycles. The third-order valence-corrected chi connectivity index (χ3v) is 4.38. The standard InChI is InChI=1S/C21H24N2O3/c1-13-9-14(2)11-17(10-13)26-12-20(24)22-18-5-4-6-19(15(18)3)23-21(25)16-7-8-16/h4-6,9-11,16H,7-8,12H2,1-3H3,(H,22,24)(H,23,25). The van der Waals surface area contributed by atoms with Crippen LogP contribution in [0.15, 0.2) is 36.4 Å². The molecule has 2 N–H and O–H groups in total. The highest BCUT2D eigenvalue weighted by Gasteiger charge is 2.29. The van der Waals surface area contributed by atoms with Crippen molar-refractivity contribution in [3.05, 3.63) is 53.1 Å². The SMILES string of the molecule is Cc1cc(C)cc(OCC(=O)Nc2cccc(NC(=O)C3CC3)c2C)c1. The monoisotopic (exact) mass is 352 g/mol. The predicted octanol–water partition coefficient (Wildman–Crippen LogP) is 3.98. The summed E-state index contributed by atoms with van der Waals surface area (Å²) in [5, 5.41) is 5.79. The van der Waals surface area contributed by atoms with Gasteiger partial charge in [0.15, 0.2) is 6.61 Å². The van der Waals surface area contributed by atoms with Crippen LogP contribution >= 0.6 is 0 Å². The number of nitrogens with one attached hydrogen (secondary N) is 2. The average Bonchev–Trinajstić information content (AvgIpc) is 3.41. The van der Waals surface area contributed by atoms with Gasteiger partial charge in [-0.3, -0.25) is 9.59 Å². The van der Waals surface area contributed by atoms with E-state index in [-0.39, 0.29) is 24.3 Å². The second kappa shape index (κ2) is 7.60. The zero-order valence-corrected chi connectivity index (χ0v) is 15.4. The van der Waals surface area contributed by atoms with Crippen LogP contribution in [0, 0.1) is 26.7 Å². The quantitative estimate of drug-likeness (QED) is 0.826. The zero-order valence-electron chi connectivity index (χ0n) is 15.4. The molecule has 3 rings (SSSR count). The molecule has 0 unspecified atom stereocenters. The van der Waals surface area contributed by atoms with Crippen molar-refractivity contribution in [3.63, 3.8) is 0 Å². The number of ether oxygens (including phenoxy) is 1. The van der Waals surface area contributed by atoms with Gasteiger partial charge >= 0.3 is 0 Å². The first kappa shape index (κ1) is 18.0. The van der Waals surface area contributed by atoms with Gasteiger partial charge in [0.1, 0.15) is 5.75 Å². The summed E-state index contributed by atoms with van der Waals surface area (Å²) in [6, 6.07) is 11.3. The van der Waals surface area contributed by atoms with Crippen molar-refractivity contribution in [3.8, 4) is 5.75 Å². The molecule has 1 saturated carbocycles. The van der Waals surface area contributed by atoms with Crippen molar-refractivity contribution >= 4 is 23.2 Å². The lowest BCUT2D eigenvalue weighted by molar-refractivity contribution is -0.118. The molecule has 0 saturated heterocycles. The lowest BCUT2D eigenvalue weighted by atomic mass is 10.1. The van der Waals surface area contributed by atoms with Gasteiger partial charge in [0.2, 0.25) is 5.91 Å². The van der Waals surface area contributed by atoms with Crippen LogP contribution in [0.1, 0.15) is 29.5 Å². The fourth-order valence-electron chi connectivity index (χ4n) is 2.84. The fourth-order valence-corrected chi connectivity index (χ4v) is 2.84. The molecule has 26 heavy (non-hydrogen) atoms. The Balaban J connectivity index is 1.60. The van der Waals surface area contributed by atoms with E-state index in [4.69, 9.17) is 4.74 Å². The Morgan fingerprint density at radius 1 is 1.00 bits per heavy atom. The van der Waals surface area contributed by atoms with Crippen LogP contribution in [0.25, 0.3) is 0 Å². The highest BCUT2D eigenvalue weighted by atomic mass is 16.5. The number of hydrogen-bond donors (Lipinski definition) is 2. The molecule has 1 aliphatic carbocycles. The molecule has 0 atom stereocenters. The van der Waals surface area contributed by atoms with E-state index in [1.165, 1.54) is 0 Å². The molecule has 0 bridgehead atoms. The van der Waals surface area contributed by atoms with Crippen LogP contribution in [-0.2, 0) is 9.59 Å². The number of aryl methyl sites for hydroxylation is 2. The van der Waals surface area contributed by atoms with Gasteiger partial charge in [0.05, 0.1) is 0 Å². The average molecular weight is 352 g/mol. The second-order valence-corrected chi connectivity index (χ2v) is 6.90. The first-order valence-electron chi connectivity index (χ1n) is 8.84. The normalized spacial score (nSPS) is 13.2. The minimum atomic E-state index is -0.238. The van der Waals surface area contributed by atoms with E-state index in [1.807, 2.05) is 51.1 Å². The molecule has 2 amide bonds. The van der Waals surface area contributed by atoms with E-state index in [0.29, 0.717) is 11.4 Å². The maximum atomic E-state index is 12.2. The van der Waals surface area contributed by atoms with Crippen molar-refractivity contribution in [2.24, 2.45) is 5.92 Å². The third kappa shape index (κ3) is 4.63. The summed E-state index contributed by atoms with van der Waals surface area (Å²) >= 11 is 0. The summed E-state index contributed by atoms with van der Waals surface area (Å²) in [6.45, 7) is 5.79. The Labute approximate surface area is 153 Å². The summed E-state index contributed by atoms with van der Waals surface area (Å²) in [6.07, 6.45) is 1.91. The zero-order chi connectivity index (χ0) is 18.7. The van der Waals surface area contributed by atoms with E-state index in [0.717, 1.165) is 35.2 Å². The van der Waals surface area contributed by atoms with Gasteiger partial charge < -0.3 is 15.4 Å². The Hall–Kier alpha value is -2.82. The number of rotatable bonds is 6. The molecule has 2 aromatic carbocycles. The van der Waals surface area contributed by atoms with Crippen LogP contribution in [0.3, 0.4) is 0 Å². The maximum Gasteiger partial charge on any atom is 0.262 e.